The third-order valence-corrected chi connectivity index (χ3v) is 3.47. The third-order valence-electron chi connectivity index (χ3n) is 2.91. The number of anilines is 2. The van der Waals surface area contributed by atoms with Crippen LogP contribution in [0.1, 0.15) is 24.1 Å². The topological polar surface area (TPSA) is 63.8 Å². The number of benzene rings is 1. The molecule has 4 nitrogen and oxygen atoms in total. The van der Waals surface area contributed by atoms with Gasteiger partial charge in [0.1, 0.15) is 18.0 Å². The summed E-state index contributed by atoms with van der Waals surface area (Å²) in [6.07, 6.45) is 1.43. The summed E-state index contributed by atoms with van der Waals surface area (Å²) in [7, 11) is 0. The smallest absolute Gasteiger partial charge is 0.134 e. The Morgan fingerprint density at radius 1 is 1.26 bits per heavy atom. The summed E-state index contributed by atoms with van der Waals surface area (Å²) in [6.45, 7) is 3.86. The molecular weight excluding hydrogens is 283 g/mol. The first-order valence-electron chi connectivity index (χ1n) is 5.77. The highest BCUT2D eigenvalue weighted by atomic mass is 35.5. The summed E-state index contributed by atoms with van der Waals surface area (Å²) in [5, 5.41) is 4.50. The largest absolute Gasteiger partial charge is 0.383 e. The van der Waals surface area contributed by atoms with Gasteiger partial charge in [-0.2, -0.15) is 0 Å². The second-order valence-electron chi connectivity index (χ2n) is 4.26. The molecule has 3 N–H and O–H groups in total. The Kier molecular flexibility index (Phi) is 4.12. The van der Waals surface area contributed by atoms with Crippen LogP contribution in [0.2, 0.25) is 10.0 Å². The summed E-state index contributed by atoms with van der Waals surface area (Å²) < 4.78 is 0. The van der Waals surface area contributed by atoms with Crippen molar-refractivity contribution in [2.75, 3.05) is 11.1 Å². The minimum absolute atomic E-state index is 0.0160. The Balaban J connectivity index is 2.25. The molecular formula is C13H14Cl2N4. The number of rotatable bonds is 3. The number of nitrogens with zero attached hydrogens (tertiary/aromatic N) is 2. The highest BCUT2D eigenvalue weighted by Crippen LogP contribution is 2.29. The first kappa shape index (κ1) is 13.9. The molecule has 0 saturated heterocycles. The Hall–Kier alpha value is -1.52. The molecule has 2 rings (SSSR count). The SMILES string of the molecule is Cc1c(N)ncnc1NC(C)c1ccc(Cl)cc1Cl. The van der Waals surface area contributed by atoms with Crippen molar-refractivity contribution in [1.82, 2.24) is 9.97 Å². The van der Waals surface area contributed by atoms with E-state index in [1.54, 1.807) is 6.07 Å². The van der Waals surface area contributed by atoms with Gasteiger partial charge in [-0.25, -0.2) is 9.97 Å². The quantitative estimate of drug-likeness (QED) is 0.903. The first-order valence-corrected chi connectivity index (χ1v) is 6.53. The van der Waals surface area contributed by atoms with Crippen LogP contribution in [-0.4, -0.2) is 9.97 Å². The standard InChI is InChI=1S/C13H14Cl2N4/c1-7-12(16)17-6-18-13(7)19-8(2)10-4-3-9(14)5-11(10)15/h3-6,8H,1-2H3,(H3,16,17,18,19). The maximum absolute atomic E-state index is 6.18. The van der Waals surface area contributed by atoms with Crippen molar-refractivity contribution in [1.29, 1.82) is 0 Å². The highest BCUT2D eigenvalue weighted by molar-refractivity contribution is 6.35. The van der Waals surface area contributed by atoms with Crippen molar-refractivity contribution >= 4 is 34.8 Å². The van der Waals surface area contributed by atoms with Gasteiger partial charge in [-0.1, -0.05) is 29.3 Å². The predicted octanol–water partition coefficient (Wildman–Crippen LogP) is 3.85. The maximum atomic E-state index is 6.18. The summed E-state index contributed by atoms with van der Waals surface area (Å²) in [5.41, 5.74) is 7.52. The zero-order valence-corrected chi connectivity index (χ0v) is 12.1. The molecule has 0 aliphatic carbocycles. The van der Waals surface area contributed by atoms with Crippen LogP contribution >= 0.6 is 23.2 Å². The van der Waals surface area contributed by atoms with Gasteiger partial charge in [-0.3, -0.25) is 0 Å². The van der Waals surface area contributed by atoms with E-state index in [-0.39, 0.29) is 6.04 Å². The number of hydrogen-bond acceptors (Lipinski definition) is 4. The number of nitrogen functional groups attached to an aromatic ring is 1. The fraction of sp³-hybridized carbons (Fsp3) is 0.231. The van der Waals surface area contributed by atoms with Crippen molar-refractivity contribution in [2.45, 2.75) is 19.9 Å². The Labute approximate surface area is 122 Å². The van der Waals surface area contributed by atoms with Gasteiger partial charge in [-0.05, 0) is 31.5 Å². The third kappa shape index (κ3) is 3.08. The van der Waals surface area contributed by atoms with Gasteiger partial charge in [0.15, 0.2) is 0 Å². The van der Waals surface area contributed by atoms with Gasteiger partial charge >= 0.3 is 0 Å². The van der Waals surface area contributed by atoms with Crippen LogP contribution in [-0.2, 0) is 0 Å². The van der Waals surface area contributed by atoms with Crippen LogP contribution in [0.15, 0.2) is 24.5 Å². The van der Waals surface area contributed by atoms with E-state index in [0.29, 0.717) is 21.7 Å². The lowest BCUT2D eigenvalue weighted by molar-refractivity contribution is 0.869. The summed E-state index contributed by atoms with van der Waals surface area (Å²) in [4.78, 5) is 8.11. The van der Waals surface area contributed by atoms with Crippen LogP contribution < -0.4 is 11.1 Å². The van der Waals surface area contributed by atoms with Crippen LogP contribution in [0.25, 0.3) is 0 Å². The van der Waals surface area contributed by atoms with Gasteiger partial charge in [0.2, 0.25) is 0 Å². The second-order valence-corrected chi connectivity index (χ2v) is 5.11. The van der Waals surface area contributed by atoms with E-state index in [4.69, 9.17) is 28.9 Å². The lowest BCUT2D eigenvalue weighted by Crippen LogP contribution is -2.11. The number of nitrogens with one attached hydrogen (secondary N) is 1. The summed E-state index contributed by atoms with van der Waals surface area (Å²) in [5.74, 6) is 1.16. The Morgan fingerprint density at radius 3 is 2.68 bits per heavy atom. The average Bonchev–Trinajstić information content (AvgIpc) is 2.34. The van der Waals surface area contributed by atoms with E-state index >= 15 is 0 Å². The first-order chi connectivity index (χ1) is 8.99. The zero-order valence-electron chi connectivity index (χ0n) is 10.6. The second kappa shape index (κ2) is 5.63. The molecule has 0 fully saturated rings. The summed E-state index contributed by atoms with van der Waals surface area (Å²) >= 11 is 12.1. The van der Waals surface area contributed by atoms with Crippen molar-refractivity contribution in [3.05, 3.63) is 45.7 Å². The number of aromatic nitrogens is 2. The molecule has 100 valence electrons. The fourth-order valence-electron chi connectivity index (χ4n) is 1.74. The molecule has 1 aromatic heterocycles. The van der Waals surface area contributed by atoms with Crippen molar-refractivity contribution in [3.63, 3.8) is 0 Å². The monoisotopic (exact) mass is 296 g/mol. The normalized spacial score (nSPS) is 12.2. The lowest BCUT2D eigenvalue weighted by Gasteiger charge is -2.18. The molecule has 1 unspecified atom stereocenters. The highest BCUT2D eigenvalue weighted by Gasteiger charge is 2.12. The predicted molar refractivity (Wildman–Crippen MR) is 79.7 cm³/mol. The molecule has 19 heavy (non-hydrogen) atoms. The van der Waals surface area contributed by atoms with Crippen molar-refractivity contribution in [3.8, 4) is 0 Å². The molecule has 2 aromatic rings. The lowest BCUT2D eigenvalue weighted by atomic mass is 10.1. The van der Waals surface area contributed by atoms with E-state index in [1.165, 1.54) is 6.33 Å². The summed E-state index contributed by atoms with van der Waals surface area (Å²) in [6, 6.07) is 5.40. The molecule has 0 radical (unpaired) electrons. The van der Waals surface area contributed by atoms with Gasteiger partial charge < -0.3 is 11.1 Å². The zero-order chi connectivity index (χ0) is 14.0. The number of halogens is 2. The Morgan fingerprint density at radius 2 is 2.00 bits per heavy atom. The van der Waals surface area contributed by atoms with E-state index in [9.17, 15) is 0 Å². The fourth-order valence-corrected chi connectivity index (χ4v) is 2.32. The molecule has 0 bridgehead atoms. The molecule has 1 aromatic carbocycles. The minimum Gasteiger partial charge on any atom is -0.383 e. The van der Waals surface area contributed by atoms with E-state index in [0.717, 1.165) is 11.1 Å². The molecule has 0 saturated carbocycles. The molecule has 1 atom stereocenters. The maximum Gasteiger partial charge on any atom is 0.134 e. The van der Waals surface area contributed by atoms with E-state index in [1.807, 2.05) is 26.0 Å². The van der Waals surface area contributed by atoms with E-state index < -0.39 is 0 Å². The molecule has 0 aliphatic heterocycles. The van der Waals surface area contributed by atoms with Gasteiger partial charge in [0.25, 0.3) is 0 Å². The molecule has 0 aliphatic rings. The van der Waals surface area contributed by atoms with Crippen molar-refractivity contribution < 1.29 is 0 Å². The van der Waals surface area contributed by atoms with Gasteiger partial charge in [0, 0.05) is 15.6 Å². The molecule has 0 amide bonds. The van der Waals surface area contributed by atoms with E-state index in [2.05, 4.69) is 15.3 Å². The molecule has 1 heterocycles. The van der Waals surface area contributed by atoms with Gasteiger partial charge in [0.05, 0.1) is 6.04 Å². The molecule has 6 heteroatoms. The van der Waals surface area contributed by atoms with Crippen LogP contribution in [0.3, 0.4) is 0 Å². The van der Waals surface area contributed by atoms with Crippen LogP contribution in [0, 0.1) is 6.92 Å². The number of nitrogens with two attached hydrogens (primary N) is 1. The number of hydrogen-bond donors (Lipinski definition) is 2. The minimum atomic E-state index is -0.0160. The Bertz CT molecular complexity index is 601. The molecule has 0 spiro atoms. The average molecular weight is 297 g/mol. The van der Waals surface area contributed by atoms with Gasteiger partial charge in [-0.15, -0.1) is 0 Å². The van der Waals surface area contributed by atoms with Crippen molar-refractivity contribution in [2.24, 2.45) is 0 Å². The van der Waals surface area contributed by atoms with Crippen LogP contribution in [0.4, 0.5) is 11.6 Å². The van der Waals surface area contributed by atoms with Crippen LogP contribution in [0.5, 0.6) is 0 Å².